The molecule has 26 heavy (non-hydrogen) atoms. The van der Waals surface area contributed by atoms with Gasteiger partial charge in [0.2, 0.25) is 0 Å². The molecule has 0 saturated carbocycles. The summed E-state index contributed by atoms with van der Waals surface area (Å²) in [5, 5.41) is 9.03. The Labute approximate surface area is 153 Å². The van der Waals surface area contributed by atoms with Crippen LogP contribution in [-0.2, 0) is 6.42 Å². The Morgan fingerprint density at radius 1 is 0.654 bits per heavy atom. The normalized spacial score (nSPS) is 11.9. The van der Waals surface area contributed by atoms with E-state index in [2.05, 4.69) is 73.7 Å². The van der Waals surface area contributed by atoms with E-state index in [1.165, 1.54) is 57.0 Å². The van der Waals surface area contributed by atoms with Gasteiger partial charge in [0.15, 0.2) is 0 Å². The van der Waals surface area contributed by atoms with E-state index in [-0.39, 0.29) is 0 Å². The van der Waals surface area contributed by atoms with Crippen molar-refractivity contribution < 1.29 is 4.42 Å². The van der Waals surface area contributed by atoms with Gasteiger partial charge in [0.25, 0.3) is 0 Å². The zero-order chi connectivity index (χ0) is 17.5. The van der Waals surface area contributed by atoms with Crippen LogP contribution in [0.2, 0.25) is 0 Å². The highest BCUT2D eigenvalue weighted by Crippen LogP contribution is 2.35. The first kappa shape index (κ1) is 15.5. The van der Waals surface area contributed by atoms with E-state index in [1.54, 1.807) is 0 Å². The van der Waals surface area contributed by atoms with Crippen molar-refractivity contribution in [1.82, 2.24) is 0 Å². The molecule has 4 aromatic carbocycles. The second kappa shape index (κ2) is 6.17. The third-order valence-electron chi connectivity index (χ3n) is 5.46. The molecule has 0 fully saturated rings. The van der Waals surface area contributed by atoms with Gasteiger partial charge in [-0.1, -0.05) is 62.2 Å². The number of rotatable bonds is 4. The monoisotopic (exact) mass is 338 g/mol. The molecule has 1 nitrogen and oxygen atoms in total. The molecule has 5 rings (SSSR count). The van der Waals surface area contributed by atoms with Gasteiger partial charge < -0.3 is 4.42 Å². The Balaban J connectivity index is 1.73. The molecule has 1 heterocycles. The van der Waals surface area contributed by atoms with Gasteiger partial charge in [-0.3, -0.25) is 0 Å². The van der Waals surface area contributed by atoms with Crippen molar-refractivity contribution in [2.75, 3.05) is 0 Å². The summed E-state index contributed by atoms with van der Waals surface area (Å²) in [5.41, 5.74) is 1.00. The van der Waals surface area contributed by atoms with Crippen LogP contribution in [0.15, 0.2) is 71.1 Å². The molecule has 0 aliphatic heterocycles. The molecular formula is C25H22O. The second-order valence-electron chi connectivity index (χ2n) is 7.23. The van der Waals surface area contributed by atoms with Gasteiger partial charge in [-0.15, -0.1) is 0 Å². The van der Waals surface area contributed by atoms with Crippen LogP contribution in [0, 0.1) is 0 Å². The fraction of sp³-hybridized carbons (Fsp3) is 0.200. The summed E-state index contributed by atoms with van der Waals surface area (Å²) in [6.07, 6.45) is 4.73. The van der Waals surface area contributed by atoms with E-state index < -0.39 is 0 Å². The molecule has 0 aliphatic carbocycles. The lowest BCUT2D eigenvalue weighted by Crippen LogP contribution is -1.81. The first-order valence-corrected chi connectivity index (χ1v) is 9.60. The molecule has 1 aromatic heterocycles. The summed E-state index contributed by atoms with van der Waals surface area (Å²) in [6.45, 7) is 2.24. The van der Waals surface area contributed by atoms with Crippen molar-refractivity contribution >= 4 is 43.3 Å². The average molecular weight is 338 g/mol. The number of hydrogen-bond donors (Lipinski definition) is 0. The molecule has 0 spiro atoms. The van der Waals surface area contributed by atoms with Crippen LogP contribution in [-0.4, -0.2) is 0 Å². The quantitative estimate of drug-likeness (QED) is 0.186. The number of benzene rings is 4. The van der Waals surface area contributed by atoms with E-state index in [1.807, 2.05) is 0 Å². The van der Waals surface area contributed by atoms with Crippen LogP contribution in [0.5, 0.6) is 0 Å². The number of aryl methyl sites for hydroxylation is 1. The van der Waals surface area contributed by atoms with Crippen LogP contribution in [0.1, 0.15) is 31.9 Å². The van der Waals surface area contributed by atoms with E-state index >= 15 is 0 Å². The molecule has 0 amide bonds. The summed E-state index contributed by atoms with van der Waals surface area (Å²) in [5.74, 6) is 1.11. The van der Waals surface area contributed by atoms with Gasteiger partial charge >= 0.3 is 0 Å². The van der Waals surface area contributed by atoms with Crippen molar-refractivity contribution in [2.45, 2.75) is 32.6 Å². The SMILES string of the molecule is CCCCCc1cc2c(ccc3c4cc5ccccc5cc4ccc23)o1. The lowest BCUT2D eigenvalue weighted by molar-refractivity contribution is 0.531. The van der Waals surface area contributed by atoms with Crippen LogP contribution in [0.3, 0.4) is 0 Å². The van der Waals surface area contributed by atoms with E-state index in [0.717, 1.165) is 17.8 Å². The molecule has 0 bridgehead atoms. The largest absolute Gasteiger partial charge is 0.461 e. The minimum Gasteiger partial charge on any atom is -0.461 e. The van der Waals surface area contributed by atoms with Crippen LogP contribution >= 0.6 is 0 Å². The van der Waals surface area contributed by atoms with E-state index in [9.17, 15) is 0 Å². The summed E-state index contributed by atoms with van der Waals surface area (Å²) >= 11 is 0. The minimum atomic E-state index is 1.00. The summed E-state index contributed by atoms with van der Waals surface area (Å²) in [7, 11) is 0. The maximum Gasteiger partial charge on any atom is 0.134 e. The Morgan fingerprint density at radius 2 is 1.42 bits per heavy atom. The summed E-state index contributed by atoms with van der Waals surface area (Å²) in [6, 6.07) is 24.3. The third kappa shape index (κ3) is 2.47. The maximum atomic E-state index is 6.11. The summed E-state index contributed by atoms with van der Waals surface area (Å²) < 4.78 is 6.11. The average Bonchev–Trinajstić information content (AvgIpc) is 3.09. The third-order valence-corrected chi connectivity index (χ3v) is 5.46. The van der Waals surface area contributed by atoms with Crippen molar-refractivity contribution in [2.24, 2.45) is 0 Å². The standard InChI is InChI=1S/C25H22O/c1-2-3-4-9-20-16-24-22-11-10-19-14-17-7-5-6-8-18(17)15-23(19)21(22)12-13-25(24)26-20/h5-8,10-16H,2-4,9H2,1H3. The molecule has 0 atom stereocenters. The lowest BCUT2D eigenvalue weighted by atomic mass is 9.97. The Kier molecular flexibility index (Phi) is 3.67. The van der Waals surface area contributed by atoms with Gasteiger partial charge in [-0.25, -0.2) is 0 Å². The number of fused-ring (bicyclic) bond motifs is 6. The van der Waals surface area contributed by atoms with Crippen molar-refractivity contribution in [3.05, 3.63) is 72.5 Å². The molecule has 5 aromatic rings. The zero-order valence-electron chi connectivity index (χ0n) is 15.1. The molecule has 0 N–H and O–H groups in total. The van der Waals surface area contributed by atoms with Crippen LogP contribution < -0.4 is 0 Å². The van der Waals surface area contributed by atoms with Crippen LogP contribution in [0.4, 0.5) is 0 Å². The Morgan fingerprint density at radius 3 is 2.27 bits per heavy atom. The number of furan rings is 1. The molecule has 0 aliphatic rings. The van der Waals surface area contributed by atoms with Gasteiger partial charge in [-0.2, -0.15) is 0 Å². The van der Waals surface area contributed by atoms with Crippen LogP contribution in [0.25, 0.3) is 43.3 Å². The fourth-order valence-electron chi connectivity index (χ4n) is 4.07. The fourth-order valence-corrected chi connectivity index (χ4v) is 4.07. The Hall–Kier alpha value is -2.80. The second-order valence-corrected chi connectivity index (χ2v) is 7.23. The van der Waals surface area contributed by atoms with Crippen molar-refractivity contribution in [1.29, 1.82) is 0 Å². The first-order chi connectivity index (χ1) is 12.8. The smallest absolute Gasteiger partial charge is 0.134 e. The summed E-state index contributed by atoms with van der Waals surface area (Å²) in [4.78, 5) is 0. The molecule has 0 radical (unpaired) electrons. The van der Waals surface area contributed by atoms with Crippen molar-refractivity contribution in [3.63, 3.8) is 0 Å². The predicted octanol–water partition coefficient (Wildman–Crippen LogP) is 7.63. The number of unbranched alkanes of at least 4 members (excludes halogenated alkanes) is 2. The molecule has 0 saturated heterocycles. The number of hydrogen-bond acceptors (Lipinski definition) is 1. The highest BCUT2D eigenvalue weighted by molar-refractivity contribution is 6.18. The topological polar surface area (TPSA) is 13.1 Å². The lowest BCUT2D eigenvalue weighted by Gasteiger charge is -2.07. The predicted molar refractivity (Wildman–Crippen MR) is 112 cm³/mol. The maximum absolute atomic E-state index is 6.11. The van der Waals surface area contributed by atoms with E-state index in [4.69, 9.17) is 4.42 Å². The van der Waals surface area contributed by atoms with E-state index in [0.29, 0.717) is 0 Å². The van der Waals surface area contributed by atoms with Gasteiger partial charge in [-0.05, 0) is 63.0 Å². The van der Waals surface area contributed by atoms with Crippen molar-refractivity contribution in [3.8, 4) is 0 Å². The minimum absolute atomic E-state index is 1.00. The molecule has 128 valence electrons. The van der Waals surface area contributed by atoms with Gasteiger partial charge in [0.05, 0.1) is 0 Å². The highest BCUT2D eigenvalue weighted by Gasteiger charge is 2.10. The molecule has 1 heteroatoms. The van der Waals surface area contributed by atoms with Gasteiger partial charge in [0.1, 0.15) is 11.3 Å². The van der Waals surface area contributed by atoms with Gasteiger partial charge in [0, 0.05) is 11.8 Å². The molecule has 0 unspecified atom stereocenters. The highest BCUT2D eigenvalue weighted by atomic mass is 16.3. The molecular weight excluding hydrogens is 316 g/mol. The zero-order valence-corrected chi connectivity index (χ0v) is 15.1. The Bertz CT molecular complexity index is 1240. The first-order valence-electron chi connectivity index (χ1n) is 9.60.